The van der Waals surface area contributed by atoms with Gasteiger partial charge in [0.2, 0.25) is 0 Å². The van der Waals surface area contributed by atoms with Crippen molar-refractivity contribution in [2.45, 2.75) is 0 Å². The van der Waals surface area contributed by atoms with Crippen LogP contribution in [0.5, 0.6) is 0 Å². The summed E-state index contributed by atoms with van der Waals surface area (Å²) in [6.07, 6.45) is 6.50. The fourth-order valence-electron chi connectivity index (χ4n) is 0.243. The molecule has 2 heteroatoms. The first-order valence-electron chi connectivity index (χ1n) is 2.26. The second kappa shape index (κ2) is 3.99. The second-order valence-electron chi connectivity index (χ2n) is 1.32. The van der Waals surface area contributed by atoms with Crippen LogP contribution in [0.3, 0.4) is 0 Å². The molecule has 0 amide bonds. The first kappa shape index (κ1) is 6.82. The lowest BCUT2D eigenvalue weighted by Gasteiger charge is -1.79. The molecular formula is C6H10N2. The van der Waals surface area contributed by atoms with Crippen LogP contribution in [0.4, 0.5) is 0 Å². The maximum atomic E-state index is 5.18. The van der Waals surface area contributed by atoms with E-state index < -0.39 is 0 Å². The third-order valence-corrected chi connectivity index (χ3v) is 0.533. The highest BCUT2D eigenvalue weighted by atomic mass is 14.5. The second-order valence-corrected chi connectivity index (χ2v) is 1.32. The lowest BCUT2D eigenvalue weighted by molar-refractivity contribution is 1.45. The summed E-state index contributed by atoms with van der Waals surface area (Å²) in [4.78, 5) is 0. The highest BCUT2D eigenvalue weighted by Crippen LogP contribution is 1.79. The summed E-state index contributed by atoms with van der Waals surface area (Å²) in [7, 11) is 0. The van der Waals surface area contributed by atoms with Gasteiger partial charge in [-0.15, -0.1) is 0 Å². The van der Waals surface area contributed by atoms with Gasteiger partial charge in [0.15, 0.2) is 0 Å². The van der Waals surface area contributed by atoms with Crippen molar-refractivity contribution in [3.05, 3.63) is 36.7 Å². The largest absolute Gasteiger partial charge is 0.405 e. The predicted molar refractivity (Wildman–Crippen MR) is 35.8 cm³/mol. The summed E-state index contributed by atoms with van der Waals surface area (Å²) in [5.74, 6) is 0. The van der Waals surface area contributed by atoms with E-state index in [0.717, 1.165) is 0 Å². The van der Waals surface area contributed by atoms with Crippen LogP contribution in [-0.2, 0) is 0 Å². The SMILES string of the molecule is C=C(N)/C=C\C=C/N. The predicted octanol–water partition coefficient (Wildman–Crippen LogP) is 0.487. The molecule has 0 heterocycles. The number of hydrogen-bond acceptors (Lipinski definition) is 2. The van der Waals surface area contributed by atoms with Gasteiger partial charge in [0.25, 0.3) is 0 Å². The Kier molecular flexibility index (Phi) is 3.40. The first-order chi connectivity index (χ1) is 3.77. The standard InChI is InChI=1S/C6H10N2/c1-6(8)4-2-3-5-7/h2-5H,1,7-8H2/b4-2-,5-3-. The van der Waals surface area contributed by atoms with E-state index in [1.807, 2.05) is 0 Å². The molecule has 0 aromatic rings. The smallest absolute Gasteiger partial charge is 0.0240 e. The summed E-state index contributed by atoms with van der Waals surface area (Å²) >= 11 is 0. The van der Waals surface area contributed by atoms with Crippen molar-refractivity contribution in [1.82, 2.24) is 0 Å². The van der Waals surface area contributed by atoms with Crippen LogP contribution >= 0.6 is 0 Å². The third kappa shape index (κ3) is 4.82. The third-order valence-electron chi connectivity index (χ3n) is 0.533. The zero-order chi connectivity index (χ0) is 6.41. The van der Waals surface area contributed by atoms with Crippen molar-refractivity contribution in [3.63, 3.8) is 0 Å². The van der Waals surface area contributed by atoms with Gasteiger partial charge in [-0.1, -0.05) is 12.7 Å². The molecule has 44 valence electrons. The zero-order valence-electron chi connectivity index (χ0n) is 4.67. The van der Waals surface area contributed by atoms with E-state index in [4.69, 9.17) is 11.5 Å². The molecule has 0 rings (SSSR count). The summed E-state index contributed by atoms with van der Waals surface area (Å²) in [6.45, 7) is 3.44. The molecule has 0 radical (unpaired) electrons. The Labute approximate surface area is 49.2 Å². The summed E-state index contributed by atoms with van der Waals surface area (Å²) in [5, 5.41) is 0. The number of allylic oxidation sites excluding steroid dienone is 3. The monoisotopic (exact) mass is 110 g/mol. The van der Waals surface area contributed by atoms with Crippen LogP contribution in [0.15, 0.2) is 36.7 Å². The van der Waals surface area contributed by atoms with Crippen molar-refractivity contribution in [2.75, 3.05) is 0 Å². The van der Waals surface area contributed by atoms with E-state index in [-0.39, 0.29) is 0 Å². The average molecular weight is 110 g/mol. The van der Waals surface area contributed by atoms with E-state index in [1.165, 1.54) is 6.20 Å². The molecule has 0 fully saturated rings. The lowest BCUT2D eigenvalue weighted by atomic mass is 10.4. The van der Waals surface area contributed by atoms with Gasteiger partial charge in [-0.2, -0.15) is 0 Å². The Bertz CT molecular complexity index is 122. The van der Waals surface area contributed by atoms with Gasteiger partial charge in [-0.3, -0.25) is 0 Å². The zero-order valence-corrected chi connectivity index (χ0v) is 4.67. The topological polar surface area (TPSA) is 52.0 Å². The van der Waals surface area contributed by atoms with Gasteiger partial charge in [-0.25, -0.2) is 0 Å². The average Bonchev–Trinajstić information content (AvgIpc) is 1.66. The van der Waals surface area contributed by atoms with Gasteiger partial charge >= 0.3 is 0 Å². The van der Waals surface area contributed by atoms with Gasteiger partial charge in [-0.05, 0) is 18.4 Å². The summed E-state index contributed by atoms with van der Waals surface area (Å²) in [6, 6.07) is 0. The summed E-state index contributed by atoms with van der Waals surface area (Å²) < 4.78 is 0. The molecule has 0 bridgehead atoms. The van der Waals surface area contributed by atoms with Gasteiger partial charge in [0.1, 0.15) is 0 Å². The molecule has 0 aliphatic heterocycles. The maximum Gasteiger partial charge on any atom is 0.0240 e. The number of hydrogen-bond donors (Lipinski definition) is 2. The molecular weight excluding hydrogens is 100 g/mol. The molecule has 0 saturated heterocycles. The van der Waals surface area contributed by atoms with Crippen LogP contribution in [-0.4, -0.2) is 0 Å². The van der Waals surface area contributed by atoms with Crippen molar-refractivity contribution in [2.24, 2.45) is 11.5 Å². The van der Waals surface area contributed by atoms with Crippen molar-refractivity contribution < 1.29 is 0 Å². The minimum absolute atomic E-state index is 0.531. The van der Waals surface area contributed by atoms with E-state index in [9.17, 15) is 0 Å². The van der Waals surface area contributed by atoms with E-state index in [0.29, 0.717) is 5.70 Å². The Morgan fingerprint density at radius 3 is 2.38 bits per heavy atom. The van der Waals surface area contributed by atoms with Gasteiger partial charge in [0.05, 0.1) is 0 Å². The van der Waals surface area contributed by atoms with Gasteiger partial charge < -0.3 is 11.5 Å². The molecule has 0 unspecified atom stereocenters. The fraction of sp³-hybridized carbons (Fsp3) is 0. The van der Waals surface area contributed by atoms with Gasteiger partial charge in [0, 0.05) is 5.70 Å². The first-order valence-corrected chi connectivity index (χ1v) is 2.26. The van der Waals surface area contributed by atoms with E-state index in [1.54, 1.807) is 18.2 Å². The normalized spacial score (nSPS) is 11.0. The van der Waals surface area contributed by atoms with Crippen molar-refractivity contribution >= 4 is 0 Å². The van der Waals surface area contributed by atoms with E-state index >= 15 is 0 Å². The number of nitrogens with two attached hydrogens (primary N) is 2. The highest BCUT2D eigenvalue weighted by molar-refractivity contribution is 5.15. The highest BCUT2D eigenvalue weighted by Gasteiger charge is 1.66. The minimum atomic E-state index is 0.531. The maximum absolute atomic E-state index is 5.18. The Hall–Kier alpha value is -1.18. The van der Waals surface area contributed by atoms with Crippen LogP contribution in [0.1, 0.15) is 0 Å². The Balaban J connectivity index is 3.50. The van der Waals surface area contributed by atoms with Crippen LogP contribution in [0, 0.1) is 0 Å². The Morgan fingerprint density at radius 2 is 2.00 bits per heavy atom. The number of rotatable bonds is 2. The molecule has 0 aliphatic rings. The molecule has 0 aromatic carbocycles. The quantitative estimate of drug-likeness (QED) is 0.508. The molecule has 0 aromatic heterocycles. The van der Waals surface area contributed by atoms with Crippen molar-refractivity contribution in [3.8, 4) is 0 Å². The molecule has 0 saturated carbocycles. The lowest BCUT2D eigenvalue weighted by Crippen LogP contribution is -1.87. The van der Waals surface area contributed by atoms with E-state index in [2.05, 4.69) is 6.58 Å². The Morgan fingerprint density at radius 1 is 1.38 bits per heavy atom. The molecule has 0 atom stereocenters. The van der Waals surface area contributed by atoms with Crippen molar-refractivity contribution in [1.29, 1.82) is 0 Å². The molecule has 2 nitrogen and oxygen atoms in total. The van der Waals surface area contributed by atoms with Crippen LogP contribution in [0.2, 0.25) is 0 Å². The molecule has 4 N–H and O–H groups in total. The fourth-order valence-corrected chi connectivity index (χ4v) is 0.243. The molecule has 0 aliphatic carbocycles. The molecule has 8 heavy (non-hydrogen) atoms. The molecule has 0 spiro atoms. The van der Waals surface area contributed by atoms with Crippen LogP contribution < -0.4 is 11.5 Å². The van der Waals surface area contributed by atoms with Crippen LogP contribution in [0.25, 0.3) is 0 Å². The summed E-state index contributed by atoms with van der Waals surface area (Å²) in [5.41, 5.74) is 10.7. The minimum Gasteiger partial charge on any atom is -0.405 e.